The van der Waals surface area contributed by atoms with Gasteiger partial charge in [0.25, 0.3) is 0 Å². The van der Waals surface area contributed by atoms with E-state index in [9.17, 15) is 13.2 Å². The van der Waals surface area contributed by atoms with E-state index < -0.39 is 11.7 Å². The van der Waals surface area contributed by atoms with Gasteiger partial charge in [-0.15, -0.1) is 0 Å². The third-order valence-electron chi connectivity index (χ3n) is 3.62. The van der Waals surface area contributed by atoms with Crippen molar-refractivity contribution in [1.29, 1.82) is 0 Å². The zero-order chi connectivity index (χ0) is 15.5. The Morgan fingerprint density at radius 1 is 1.14 bits per heavy atom. The summed E-state index contributed by atoms with van der Waals surface area (Å²) in [6.45, 7) is 4.76. The third kappa shape index (κ3) is 4.69. The molecule has 0 unspecified atom stereocenters. The molecule has 1 saturated heterocycles. The lowest BCUT2D eigenvalue weighted by Gasteiger charge is -2.28. The Hall–Kier alpha value is -1.11. The first-order chi connectivity index (χ1) is 9.86. The lowest BCUT2D eigenvalue weighted by Crippen LogP contribution is -2.43. The topological polar surface area (TPSA) is 18.5 Å². The first-order valence-electron chi connectivity index (χ1n) is 7.13. The SMILES string of the molecule is CN(C)Cc1ccc(C(F)(F)F)cc1CN1CCNCC1. The molecule has 1 aromatic carbocycles. The van der Waals surface area contributed by atoms with E-state index >= 15 is 0 Å². The third-order valence-corrected chi connectivity index (χ3v) is 3.62. The van der Waals surface area contributed by atoms with Gasteiger partial charge in [0, 0.05) is 39.3 Å². The Morgan fingerprint density at radius 3 is 2.38 bits per heavy atom. The van der Waals surface area contributed by atoms with Crippen LogP contribution in [0.5, 0.6) is 0 Å². The second kappa shape index (κ2) is 6.77. The fourth-order valence-corrected chi connectivity index (χ4v) is 2.55. The highest BCUT2D eigenvalue weighted by Gasteiger charge is 2.31. The van der Waals surface area contributed by atoms with Crippen LogP contribution < -0.4 is 5.32 Å². The molecule has 0 amide bonds. The maximum atomic E-state index is 12.9. The first kappa shape index (κ1) is 16.3. The van der Waals surface area contributed by atoms with Crippen LogP contribution in [-0.2, 0) is 19.3 Å². The van der Waals surface area contributed by atoms with Crippen molar-refractivity contribution in [3.63, 3.8) is 0 Å². The van der Waals surface area contributed by atoms with E-state index in [1.165, 1.54) is 12.1 Å². The maximum Gasteiger partial charge on any atom is 0.416 e. The van der Waals surface area contributed by atoms with Crippen LogP contribution in [0.15, 0.2) is 18.2 Å². The average molecular weight is 301 g/mol. The molecule has 118 valence electrons. The molecule has 2 rings (SSSR count). The highest BCUT2D eigenvalue weighted by atomic mass is 19.4. The van der Waals surface area contributed by atoms with E-state index in [4.69, 9.17) is 0 Å². The smallest absolute Gasteiger partial charge is 0.314 e. The van der Waals surface area contributed by atoms with E-state index in [2.05, 4.69) is 10.2 Å². The molecule has 0 aliphatic carbocycles. The molecule has 0 radical (unpaired) electrons. The molecule has 21 heavy (non-hydrogen) atoms. The molecular weight excluding hydrogens is 279 g/mol. The fraction of sp³-hybridized carbons (Fsp3) is 0.600. The molecular formula is C15H22F3N3. The van der Waals surface area contributed by atoms with Crippen molar-refractivity contribution in [3.8, 4) is 0 Å². The van der Waals surface area contributed by atoms with Crippen molar-refractivity contribution in [2.24, 2.45) is 0 Å². The minimum atomic E-state index is -4.28. The van der Waals surface area contributed by atoms with Gasteiger partial charge >= 0.3 is 6.18 Å². The van der Waals surface area contributed by atoms with Crippen molar-refractivity contribution in [2.75, 3.05) is 40.3 Å². The van der Waals surface area contributed by atoms with Crippen molar-refractivity contribution >= 4 is 0 Å². The summed E-state index contributed by atoms with van der Waals surface area (Å²) in [4.78, 5) is 4.18. The van der Waals surface area contributed by atoms with Gasteiger partial charge < -0.3 is 10.2 Å². The lowest BCUT2D eigenvalue weighted by molar-refractivity contribution is -0.137. The molecule has 0 saturated carbocycles. The van der Waals surface area contributed by atoms with Crippen LogP contribution in [0.4, 0.5) is 13.2 Å². The summed E-state index contributed by atoms with van der Waals surface area (Å²) in [5.74, 6) is 0. The van der Waals surface area contributed by atoms with Crippen LogP contribution in [0.2, 0.25) is 0 Å². The number of benzene rings is 1. The summed E-state index contributed by atoms with van der Waals surface area (Å²) in [6.07, 6.45) is -4.28. The number of hydrogen-bond donors (Lipinski definition) is 1. The van der Waals surface area contributed by atoms with Gasteiger partial charge in [-0.25, -0.2) is 0 Å². The van der Waals surface area contributed by atoms with Crippen molar-refractivity contribution < 1.29 is 13.2 Å². The van der Waals surface area contributed by atoms with E-state index in [1.807, 2.05) is 19.0 Å². The van der Waals surface area contributed by atoms with Gasteiger partial charge in [0.15, 0.2) is 0 Å². The number of alkyl halides is 3. The number of piperazine rings is 1. The van der Waals surface area contributed by atoms with E-state index in [0.717, 1.165) is 37.3 Å². The average Bonchev–Trinajstić information content (AvgIpc) is 2.40. The molecule has 0 bridgehead atoms. The van der Waals surface area contributed by atoms with Gasteiger partial charge in [0.2, 0.25) is 0 Å². The Morgan fingerprint density at radius 2 is 1.81 bits per heavy atom. The summed E-state index contributed by atoms with van der Waals surface area (Å²) in [5, 5.41) is 3.25. The Kier molecular flexibility index (Phi) is 5.24. The molecule has 1 N–H and O–H groups in total. The Balaban J connectivity index is 2.24. The van der Waals surface area contributed by atoms with Gasteiger partial charge in [-0.1, -0.05) is 6.07 Å². The molecule has 1 heterocycles. The highest BCUT2D eigenvalue weighted by molar-refractivity contribution is 5.33. The summed E-state index contributed by atoms with van der Waals surface area (Å²) >= 11 is 0. The van der Waals surface area contributed by atoms with E-state index in [1.54, 1.807) is 6.07 Å². The summed E-state index contributed by atoms with van der Waals surface area (Å²) in [7, 11) is 3.85. The second-order valence-electron chi connectivity index (χ2n) is 5.75. The normalized spacial score (nSPS) is 17.4. The zero-order valence-corrected chi connectivity index (χ0v) is 12.5. The number of rotatable bonds is 4. The zero-order valence-electron chi connectivity index (χ0n) is 12.5. The van der Waals surface area contributed by atoms with Gasteiger partial charge in [0.05, 0.1) is 5.56 Å². The predicted octanol–water partition coefficient (Wildman–Crippen LogP) is 2.17. The highest BCUT2D eigenvalue weighted by Crippen LogP contribution is 2.31. The quantitative estimate of drug-likeness (QED) is 0.919. The van der Waals surface area contributed by atoms with Crippen LogP contribution in [0.25, 0.3) is 0 Å². The molecule has 1 fully saturated rings. The molecule has 3 nitrogen and oxygen atoms in total. The number of hydrogen-bond acceptors (Lipinski definition) is 3. The number of nitrogens with one attached hydrogen (secondary N) is 1. The summed E-state index contributed by atoms with van der Waals surface area (Å²) < 4.78 is 38.7. The largest absolute Gasteiger partial charge is 0.416 e. The minimum absolute atomic E-state index is 0.560. The second-order valence-corrected chi connectivity index (χ2v) is 5.75. The van der Waals surface area contributed by atoms with E-state index in [0.29, 0.717) is 13.1 Å². The van der Waals surface area contributed by atoms with Gasteiger partial charge in [-0.3, -0.25) is 4.90 Å². The van der Waals surface area contributed by atoms with Crippen LogP contribution in [-0.4, -0.2) is 50.1 Å². The maximum absolute atomic E-state index is 12.9. The van der Waals surface area contributed by atoms with Gasteiger partial charge in [-0.05, 0) is 37.4 Å². The Labute approximate surface area is 123 Å². The van der Waals surface area contributed by atoms with Crippen molar-refractivity contribution in [1.82, 2.24) is 15.1 Å². The van der Waals surface area contributed by atoms with Crippen LogP contribution in [0, 0.1) is 0 Å². The number of nitrogens with zero attached hydrogens (tertiary/aromatic N) is 2. The predicted molar refractivity (Wildman–Crippen MR) is 77.0 cm³/mol. The minimum Gasteiger partial charge on any atom is -0.314 e. The van der Waals surface area contributed by atoms with Crippen LogP contribution >= 0.6 is 0 Å². The molecule has 1 aliphatic heterocycles. The summed E-state index contributed by atoms with van der Waals surface area (Å²) in [5.41, 5.74) is 1.18. The van der Waals surface area contributed by atoms with Crippen LogP contribution in [0.3, 0.4) is 0 Å². The Bertz CT molecular complexity index is 466. The molecule has 6 heteroatoms. The molecule has 1 aliphatic rings. The monoisotopic (exact) mass is 301 g/mol. The van der Waals surface area contributed by atoms with Crippen LogP contribution in [0.1, 0.15) is 16.7 Å². The van der Waals surface area contributed by atoms with Gasteiger partial charge in [0.1, 0.15) is 0 Å². The first-order valence-corrected chi connectivity index (χ1v) is 7.13. The van der Waals surface area contributed by atoms with Crippen molar-refractivity contribution in [3.05, 3.63) is 34.9 Å². The number of halogens is 3. The molecule has 0 spiro atoms. The molecule has 1 aromatic rings. The lowest BCUT2D eigenvalue weighted by atomic mass is 10.0. The van der Waals surface area contributed by atoms with Crippen molar-refractivity contribution in [2.45, 2.75) is 19.3 Å². The standard InChI is InChI=1S/C15H22F3N3/c1-20(2)10-12-3-4-14(15(16,17)18)9-13(12)11-21-7-5-19-6-8-21/h3-4,9,19H,5-8,10-11H2,1-2H3. The van der Waals surface area contributed by atoms with Gasteiger partial charge in [-0.2, -0.15) is 13.2 Å². The fourth-order valence-electron chi connectivity index (χ4n) is 2.55. The summed E-state index contributed by atoms with van der Waals surface area (Å²) in [6, 6.07) is 4.10. The molecule has 0 atom stereocenters. The van der Waals surface area contributed by atoms with E-state index in [-0.39, 0.29) is 0 Å². The molecule has 0 aromatic heterocycles.